The largest absolute Gasteiger partial charge is 0.496 e. The Morgan fingerprint density at radius 1 is 1.21 bits per heavy atom. The van der Waals surface area contributed by atoms with Crippen molar-refractivity contribution in [2.24, 2.45) is 0 Å². The zero-order valence-electron chi connectivity index (χ0n) is 11.7. The monoisotopic (exact) mass is 267 g/mol. The first-order valence-electron chi connectivity index (χ1n) is 6.36. The lowest BCUT2D eigenvalue weighted by atomic mass is 10.0. The van der Waals surface area contributed by atoms with E-state index in [4.69, 9.17) is 18.9 Å². The van der Waals surface area contributed by atoms with Crippen LogP contribution in [-0.2, 0) is 16.1 Å². The van der Waals surface area contributed by atoms with E-state index in [2.05, 4.69) is 5.32 Å². The number of ether oxygens (including phenoxy) is 4. The summed E-state index contributed by atoms with van der Waals surface area (Å²) in [4.78, 5) is 0. The number of benzene rings is 1. The van der Waals surface area contributed by atoms with Crippen LogP contribution in [0.15, 0.2) is 12.1 Å². The van der Waals surface area contributed by atoms with Crippen LogP contribution in [-0.4, -0.2) is 41.0 Å². The highest BCUT2D eigenvalue weighted by Crippen LogP contribution is 2.35. The van der Waals surface area contributed by atoms with Crippen molar-refractivity contribution in [1.82, 2.24) is 5.32 Å². The molecule has 1 aromatic rings. The second kappa shape index (κ2) is 6.75. The quantitative estimate of drug-likeness (QED) is 0.876. The van der Waals surface area contributed by atoms with Crippen LogP contribution < -0.4 is 14.8 Å². The van der Waals surface area contributed by atoms with E-state index in [0.717, 1.165) is 35.7 Å². The van der Waals surface area contributed by atoms with Crippen molar-refractivity contribution in [3.8, 4) is 11.5 Å². The molecular formula is C14H21NO4. The minimum atomic E-state index is 0.00483. The molecular weight excluding hydrogens is 246 g/mol. The lowest BCUT2D eigenvalue weighted by Gasteiger charge is -2.26. The Labute approximate surface area is 113 Å². The van der Waals surface area contributed by atoms with E-state index in [1.807, 2.05) is 12.1 Å². The fourth-order valence-corrected chi connectivity index (χ4v) is 2.28. The third kappa shape index (κ3) is 3.18. The summed E-state index contributed by atoms with van der Waals surface area (Å²) in [5, 5.41) is 3.32. The molecule has 106 valence electrons. The molecule has 0 aromatic heterocycles. The average Bonchev–Trinajstić information content (AvgIpc) is 2.48. The average molecular weight is 267 g/mol. The van der Waals surface area contributed by atoms with Gasteiger partial charge in [0.05, 0.1) is 33.5 Å². The molecule has 0 spiro atoms. The summed E-state index contributed by atoms with van der Waals surface area (Å²) in [6.45, 7) is 2.88. The van der Waals surface area contributed by atoms with E-state index in [1.54, 1.807) is 21.3 Å². The van der Waals surface area contributed by atoms with E-state index >= 15 is 0 Å². The number of hydrogen-bond acceptors (Lipinski definition) is 5. The van der Waals surface area contributed by atoms with Crippen LogP contribution in [0.3, 0.4) is 0 Å². The van der Waals surface area contributed by atoms with Gasteiger partial charge in [-0.25, -0.2) is 0 Å². The minimum Gasteiger partial charge on any atom is -0.496 e. The second-order valence-corrected chi connectivity index (χ2v) is 4.40. The maximum atomic E-state index is 5.79. The SMILES string of the molecule is COCc1cc(C2CNCCO2)c(OC)cc1OC. The van der Waals surface area contributed by atoms with E-state index in [-0.39, 0.29) is 6.10 Å². The Morgan fingerprint density at radius 2 is 2.00 bits per heavy atom. The number of rotatable bonds is 5. The lowest BCUT2D eigenvalue weighted by Crippen LogP contribution is -2.33. The summed E-state index contributed by atoms with van der Waals surface area (Å²) >= 11 is 0. The van der Waals surface area contributed by atoms with Crippen LogP contribution in [0.5, 0.6) is 11.5 Å². The van der Waals surface area contributed by atoms with Gasteiger partial charge in [-0.2, -0.15) is 0 Å². The van der Waals surface area contributed by atoms with Crippen molar-refractivity contribution in [3.63, 3.8) is 0 Å². The fraction of sp³-hybridized carbons (Fsp3) is 0.571. The molecule has 1 heterocycles. The predicted octanol–water partition coefficient (Wildman–Crippen LogP) is 1.51. The number of hydrogen-bond donors (Lipinski definition) is 1. The van der Waals surface area contributed by atoms with Crippen molar-refractivity contribution in [2.75, 3.05) is 41.0 Å². The van der Waals surface area contributed by atoms with Gasteiger partial charge in [-0.05, 0) is 6.07 Å². The molecule has 5 heteroatoms. The van der Waals surface area contributed by atoms with Crippen molar-refractivity contribution >= 4 is 0 Å². The van der Waals surface area contributed by atoms with Gasteiger partial charge in [0.25, 0.3) is 0 Å². The van der Waals surface area contributed by atoms with Crippen LogP contribution in [0.2, 0.25) is 0 Å². The maximum absolute atomic E-state index is 5.79. The Balaban J connectivity index is 2.36. The smallest absolute Gasteiger partial charge is 0.128 e. The van der Waals surface area contributed by atoms with E-state index in [1.165, 1.54) is 0 Å². The Bertz CT molecular complexity index is 416. The molecule has 0 amide bonds. The van der Waals surface area contributed by atoms with Gasteiger partial charge in [0.15, 0.2) is 0 Å². The summed E-state index contributed by atoms with van der Waals surface area (Å²) in [6.07, 6.45) is 0.00483. The molecule has 1 atom stereocenters. The molecule has 5 nitrogen and oxygen atoms in total. The Kier molecular flexibility index (Phi) is 5.01. The first-order valence-corrected chi connectivity index (χ1v) is 6.36. The maximum Gasteiger partial charge on any atom is 0.128 e. The normalized spacial score (nSPS) is 19.2. The zero-order chi connectivity index (χ0) is 13.7. The first-order chi connectivity index (χ1) is 9.30. The van der Waals surface area contributed by atoms with Gasteiger partial charge in [0.1, 0.15) is 11.5 Å². The molecule has 0 radical (unpaired) electrons. The molecule has 2 rings (SSSR count). The minimum absolute atomic E-state index is 0.00483. The van der Waals surface area contributed by atoms with Crippen molar-refractivity contribution < 1.29 is 18.9 Å². The number of nitrogens with one attached hydrogen (secondary N) is 1. The molecule has 1 aliphatic rings. The molecule has 1 unspecified atom stereocenters. The highest BCUT2D eigenvalue weighted by molar-refractivity contribution is 5.47. The number of methoxy groups -OCH3 is 3. The van der Waals surface area contributed by atoms with Crippen LogP contribution >= 0.6 is 0 Å². The van der Waals surface area contributed by atoms with Gasteiger partial charge in [-0.15, -0.1) is 0 Å². The van der Waals surface area contributed by atoms with Crippen molar-refractivity contribution in [3.05, 3.63) is 23.3 Å². The summed E-state index contributed by atoms with van der Waals surface area (Å²) in [7, 11) is 4.97. The zero-order valence-corrected chi connectivity index (χ0v) is 11.7. The molecule has 0 bridgehead atoms. The predicted molar refractivity (Wildman–Crippen MR) is 71.8 cm³/mol. The fourth-order valence-electron chi connectivity index (χ4n) is 2.28. The highest BCUT2D eigenvalue weighted by atomic mass is 16.5. The van der Waals surface area contributed by atoms with Crippen molar-refractivity contribution in [2.45, 2.75) is 12.7 Å². The van der Waals surface area contributed by atoms with Crippen LogP contribution in [0.4, 0.5) is 0 Å². The van der Waals surface area contributed by atoms with Crippen LogP contribution in [0.1, 0.15) is 17.2 Å². The van der Waals surface area contributed by atoms with Gasteiger partial charge in [-0.1, -0.05) is 0 Å². The molecule has 1 aromatic carbocycles. The van der Waals surface area contributed by atoms with Gasteiger partial charge in [-0.3, -0.25) is 0 Å². The summed E-state index contributed by atoms with van der Waals surface area (Å²) in [5.74, 6) is 1.55. The Hall–Kier alpha value is -1.30. The topological polar surface area (TPSA) is 49.0 Å². The second-order valence-electron chi connectivity index (χ2n) is 4.40. The molecule has 19 heavy (non-hydrogen) atoms. The third-order valence-electron chi connectivity index (χ3n) is 3.21. The highest BCUT2D eigenvalue weighted by Gasteiger charge is 2.22. The van der Waals surface area contributed by atoms with Gasteiger partial charge < -0.3 is 24.3 Å². The van der Waals surface area contributed by atoms with E-state index in [0.29, 0.717) is 13.2 Å². The summed E-state index contributed by atoms with van der Waals surface area (Å²) in [5.41, 5.74) is 2.03. The van der Waals surface area contributed by atoms with Crippen molar-refractivity contribution in [1.29, 1.82) is 0 Å². The molecule has 1 aliphatic heterocycles. The number of morpholine rings is 1. The van der Waals surface area contributed by atoms with E-state index < -0.39 is 0 Å². The lowest BCUT2D eigenvalue weighted by molar-refractivity contribution is 0.0261. The molecule has 1 saturated heterocycles. The van der Waals surface area contributed by atoms with Crippen LogP contribution in [0, 0.1) is 0 Å². The van der Waals surface area contributed by atoms with Gasteiger partial charge in [0, 0.05) is 37.4 Å². The van der Waals surface area contributed by atoms with Gasteiger partial charge in [0.2, 0.25) is 0 Å². The summed E-state index contributed by atoms with van der Waals surface area (Å²) < 4.78 is 21.8. The summed E-state index contributed by atoms with van der Waals surface area (Å²) in [6, 6.07) is 3.93. The first kappa shape index (κ1) is 14.1. The molecule has 0 saturated carbocycles. The third-order valence-corrected chi connectivity index (χ3v) is 3.21. The standard InChI is InChI=1S/C14H21NO4/c1-16-9-10-6-11(14-8-15-4-5-19-14)13(18-3)7-12(10)17-2/h6-7,14-15H,4-5,8-9H2,1-3H3. The Morgan fingerprint density at radius 3 is 2.58 bits per heavy atom. The molecule has 1 N–H and O–H groups in total. The molecule has 1 fully saturated rings. The molecule has 0 aliphatic carbocycles. The van der Waals surface area contributed by atoms with Crippen LogP contribution in [0.25, 0.3) is 0 Å². The van der Waals surface area contributed by atoms with E-state index in [9.17, 15) is 0 Å². The van der Waals surface area contributed by atoms with Gasteiger partial charge >= 0.3 is 0 Å².